The Morgan fingerprint density at radius 1 is 1.07 bits per heavy atom. The minimum Gasteiger partial charge on any atom is -0.353 e. The molecule has 2 fully saturated rings. The molecule has 2 aliphatic rings. The molecule has 2 aliphatic carbocycles. The van der Waals surface area contributed by atoms with Gasteiger partial charge in [0, 0.05) is 23.7 Å². The van der Waals surface area contributed by atoms with Crippen molar-refractivity contribution in [2.45, 2.75) is 109 Å². The fourth-order valence-corrected chi connectivity index (χ4v) is 5.39. The van der Waals surface area contributed by atoms with Gasteiger partial charge in [0.1, 0.15) is 0 Å². The number of thiazole rings is 1. The molecule has 6 heteroatoms. The van der Waals surface area contributed by atoms with Crippen molar-refractivity contribution in [3.05, 3.63) is 15.9 Å². The maximum Gasteiger partial charge on any atom is 0.226 e. The molecular weight excluding hydrogens is 378 g/mol. The molecule has 4 nitrogen and oxygen atoms in total. The number of carbonyl (C=O) groups excluding carboxylic acids is 1. The van der Waals surface area contributed by atoms with E-state index in [1.165, 1.54) is 64.2 Å². The molecule has 0 aromatic carbocycles. The number of hydrogen-bond acceptors (Lipinski definition) is 3. The van der Waals surface area contributed by atoms with Gasteiger partial charge in [0.25, 0.3) is 0 Å². The van der Waals surface area contributed by atoms with E-state index in [1.807, 2.05) is 0 Å². The Bertz CT molecular complexity index is 624. The largest absolute Gasteiger partial charge is 0.353 e. The Hall–Kier alpha value is -0.810. The number of hydrogen-bond donors (Lipinski definition) is 1. The molecule has 154 valence electrons. The van der Waals surface area contributed by atoms with Crippen molar-refractivity contribution in [2.75, 3.05) is 0 Å². The molecule has 0 spiro atoms. The van der Waals surface area contributed by atoms with Gasteiger partial charge in [-0.15, -0.1) is 23.7 Å². The SMILES string of the molecule is CCn1c(CC(=O)NC2CCCCCC2)csc1=NC1CCCCCC1.Cl. The summed E-state index contributed by atoms with van der Waals surface area (Å²) in [6.07, 6.45) is 15.7. The monoisotopic (exact) mass is 413 g/mol. The molecule has 0 radical (unpaired) electrons. The van der Waals surface area contributed by atoms with Gasteiger partial charge in [-0.05, 0) is 32.6 Å². The van der Waals surface area contributed by atoms with Gasteiger partial charge in [0.15, 0.2) is 4.80 Å². The third-order valence-corrected chi connectivity index (χ3v) is 6.80. The lowest BCUT2D eigenvalue weighted by atomic mass is 10.1. The molecule has 0 saturated heterocycles. The molecule has 1 N–H and O–H groups in total. The van der Waals surface area contributed by atoms with Crippen molar-refractivity contribution in [2.24, 2.45) is 4.99 Å². The summed E-state index contributed by atoms with van der Waals surface area (Å²) in [5.41, 5.74) is 1.12. The van der Waals surface area contributed by atoms with Crippen LogP contribution in [0.4, 0.5) is 0 Å². The van der Waals surface area contributed by atoms with Gasteiger partial charge in [-0.1, -0.05) is 51.4 Å². The number of rotatable bonds is 5. The van der Waals surface area contributed by atoms with E-state index in [2.05, 4.69) is 22.2 Å². The van der Waals surface area contributed by atoms with E-state index in [1.54, 1.807) is 11.3 Å². The van der Waals surface area contributed by atoms with Gasteiger partial charge in [-0.2, -0.15) is 0 Å². The van der Waals surface area contributed by atoms with Gasteiger partial charge in [0.05, 0.1) is 12.5 Å². The first kappa shape index (κ1) is 22.5. The molecule has 0 bridgehead atoms. The molecule has 27 heavy (non-hydrogen) atoms. The zero-order valence-electron chi connectivity index (χ0n) is 16.8. The highest BCUT2D eigenvalue weighted by Gasteiger charge is 2.17. The molecule has 0 aliphatic heterocycles. The highest BCUT2D eigenvalue weighted by atomic mass is 35.5. The van der Waals surface area contributed by atoms with E-state index in [-0.39, 0.29) is 18.3 Å². The Morgan fingerprint density at radius 3 is 2.26 bits per heavy atom. The van der Waals surface area contributed by atoms with Crippen LogP contribution >= 0.6 is 23.7 Å². The Morgan fingerprint density at radius 2 is 1.67 bits per heavy atom. The quantitative estimate of drug-likeness (QED) is 0.678. The predicted molar refractivity (Wildman–Crippen MR) is 116 cm³/mol. The van der Waals surface area contributed by atoms with Gasteiger partial charge >= 0.3 is 0 Å². The molecule has 1 heterocycles. The van der Waals surface area contributed by atoms with Crippen molar-refractivity contribution in [3.63, 3.8) is 0 Å². The number of amides is 1. The van der Waals surface area contributed by atoms with Crippen molar-refractivity contribution in [3.8, 4) is 0 Å². The van der Waals surface area contributed by atoms with Crippen molar-refractivity contribution in [1.82, 2.24) is 9.88 Å². The summed E-state index contributed by atoms with van der Waals surface area (Å²) in [6.45, 7) is 3.05. The summed E-state index contributed by atoms with van der Waals surface area (Å²) in [4.78, 5) is 18.7. The summed E-state index contributed by atoms with van der Waals surface area (Å²) >= 11 is 1.71. The predicted octanol–water partition coefficient (Wildman–Crippen LogP) is 5.00. The van der Waals surface area contributed by atoms with E-state index in [4.69, 9.17) is 4.99 Å². The standard InChI is InChI=1S/C21H35N3OS.ClH/c1-2-24-19(15-20(25)22-17-11-7-3-4-8-12-17)16-26-21(24)23-18-13-9-5-6-10-14-18;/h16-18H,2-15H2,1H3,(H,22,25);1H. The fourth-order valence-electron chi connectivity index (χ4n) is 4.36. The van der Waals surface area contributed by atoms with Gasteiger partial charge in [-0.3, -0.25) is 9.79 Å². The maximum atomic E-state index is 12.6. The molecular formula is C21H36ClN3OS. The number of carbonyl (C=O) groups is 1. The van der Waals surface area contributed by atoms with Gasteiger partial charge in [0.2, 0.25) is 5.91 Å². The average Bonchev–Trinajstić information content (AvgIpc) is 2.84. The van der Waals surface area contributed by atoms with E-state index in [0.717, 1.165) is 29.9 Å². The number of aromatic nitrogens is 1. The lowest BCUT2D eigenvalue weighted by molar-refractivity contribution is -0.121. The molecule has 1 amide bonds. The summed E-state index contributed by atoms with van der Waals surface area (Å²) in [7, 11) is 0. The minimum absolute atomic E-state index is 0. The van der Waals surface area contributed by atoms with E-state index >= 15 is 0 Å². The Kier molecular flexibility index (Phi) is 9.91. The summed E-state index contributed by atoms with van der Waals surface area (Å²) in [5, 5.41) is 5.42. The second-order valence-electron chi connectivity index (χ2n) is 7.96. The van der Waals surface area contributed by atoms with Crippen LogP contribution in [0.1, 0.15) is 89.7 Å². The second-order valence-corrected chi connectivity index (χ2v) is 8.80. The summed E-state index contributed by atoms with van der Waals surface area (Å²) in [5.74, 6) is 0.179. The van der Waals surface area contributed by atoms with E-state index in [9.17, 15) is 4.79 Å². The lowest BCUT2D eigenvalue weighted by Crippen LogP contribution is -2.36. The van der Waals surface area contributed by atoms with Crippen molar-refractivity contribution >= 4 is 29.7 Å². The highest BCUT2D eigenvalue weighted by Crippen LogP contribution is 2.20. The van der Waals surface area contributed by atoms with Crippen LogP contribution in [-0.2, 0) is 17.8 Å². The van der Waals surface area contributed by atoms with Crippen LogP contribution in [0.3, 0.4) is 0 Å². The van der Waals surface area contributed by atoms with Crippen LogP contribution in [0.15, 0.2) is 10.4 Å². The molecule has 1 aromatic rings. The molecule has 0 unspecified atom stereocenters. The van der Waals surface area contributed by atoms with Crippen LogP contribution in [-0.4, -0.2) is 22.6 Å². The summed E-state index contributed by atoms with van der Waals surface area (Å²) < 4.78 is 2.25. The number of nitrogens with one attached hydrogen (secondary N) is 1. The Balaban J connectivity index is 0.00000261. The third-order valence-electron chi connectivity index (χ3n) is 5.87. The first-order valence-corrected chi connectivity index (χ1v) is 11.6. The van der Waals surface area contributed by atoms with Gasteiger partial charge < -0.3 is 9.88 Å². The third kappa shape index (κ3) is 6.94. The Labute approximate surface area is 174 Å². The zero-order chi connectivity index (χ0) is 18.2. The van der Waals surface area contributed by atoms with Crippen LogP contribution in [0.2, 0.25) is 0 Å². The number of halogens is 1. The first-order valence-electron chi connectivity index (χ1n) is 10.8. The maximum absolute atomic E-state index is 12.6. The van der Waals surface area contributed by atoms with E-state index < -0.39 is 0 Å². The van der Waals surface area contributed by atoms with Crippen molar-refractivity contribution < 1.29 is 4.79 Å². The van der Waals surface area contributed by atoms with Crippen LogP contribution in [0, 0.1) is 0 Å². The molecule has 0 atom stereocenters. The smallest absolute Gasteiger partial charge is 0.226 e. The van der Waals surface area contributed by atoms with Crippen molar-refractivity contribution in [1.29, 1.82) is 0 Å². The minimum atomic E-state index is 0. The molecule has 1 aromatic heterocycles. The second kappa shape index (κ2) is 11.9. The summed E-state index contributed by atoms with van der Waals surface area (Å²) in [6, 6.07) is 0.857. The van der Waals surface area contributed by atoms with Crippen LogP contribution in [0.25, 0.3) is 0 Å². The molecule has 3 rings (SSSR count). The number of nitrogens with zero attached hydrogens (tertiary/aromatic N) is 2. The topological polar surface area (TPSA) is 46.4 Å². The normalized spacial score (nSPS) is 20.6. The van der Waals surface area contributed by atoms with Crippen LogP contribution < -0.4 is 10.1 Å². The fraction of sp³-hybridized carbons (Fsp3) is 0.810. The van der Waals surface area contributed by atoms with Crippen LogP contribution in [0.5, 0.6) is 0 Å². The van der Waals surface area contributed by atoms with Gasteiger partial charge in [-0.25, -0.2) is 0 Å². The zero-order valence-corrected chi connectivity index (χ0v) is 18.4. The molecule has 2 saturated carbocycles. The average molecular weight is 414 g/mol. The first-order chi connectivity index (χ1) is 12.8. The lowest BCUT2D eigenvalue weighted by Gasteiger charge is -2.16. The highest BCUT2D eigenvalue weighted by molar-refractivity contribution is 7.07. The van der Waals surface area contributed by atoms with E-state index in [0.29, 0.717) is 18.5 Å².